The fourth-order valence-electron chi connectivity index (χ4n) is 6.04. The molecule has 5 heteroatoms. The molecule has 0 aromatic rings. The van der Waals surface area contributed by atoms with Crippen LogP contribution in [0.15, 0.2) is 77.5 Å². The third-order valence-corrected chi connectivity index (χ3v) is 8.00. The third-order valence-electron chi connectivity index (χ3n) is 8.00. The molecule has 0 saturated heterocycles. The van der Waals surface area contributed by atoms with Crippen LogP contribution in [-0.4, -0.2) is 30.5 Å². The number of hydrogen-bond donors (Lipinski definition) is 2. The minimum Gasteiger partial charge on any atom is -0.335 e. The van der Waals surface area contributed by atoms with Crippen LogP contribution in [-0.2, 0) is 0 Å². The number of nitrogens with one attached hydrogen (secondary N) is 2. The fraction of sp³-hybridized carbons (Fsp3) is 0.515. The summed E-state index contributed by atoms with van der Waals surface area (Å²) >= 11 is 0. The van der Waals surface area contributed by atoms with Crippen molar-refractivity contribution < 1.29 is 9.18 Å². The average Bonchev–Trinajstić information content (AvgIpc) is 2.89. The van der Waals surface area contributed by atoms with E-state index in [2.05, 4.69) is 61.6 Å². The van der Waals surface area contributed by atoms with Crippen molar-refractivity contribution in [2.24, 2.45) is 22.2 Å². The van der Waals surface area contributed by atoms with Gasteiger partial charge in [0.05, 0.1) is 0 Å². The Morgan fingerprint density at radius 1 is 1.34 bits per heavy atom. The molecule has 1 heterocycles. The van der Waals surface area contributed by atoms with Crippen LogP contribution in [0.4, 0.5) is 9.18 Å². The molecule has 1 aliphatic heterocycles. The average molecular weight is 520 g/mol. The van der Waals surface area contributed by atoms with E-state index in [4.69, 9.17) is 6.42 Å². The topological polar surface area (TPSA) is 53.5 Å². The lowest BCUT2D eigenvalue weighted by molar-refractivity contribution is 0.153. The fourth-order valence-corrected chi connectivity index (χ4v) is 6.04. The van der Waals surface area contributed by atoms with Crippen molar-refractivity contribution in [3.05, 3.63) is 72.5 Å². The lowest BCUT2D eigenvalue weighted by atomic mass is 9.59. The van der Waals surface area contributed by atoms with Crippen LogP contribution in [0.5, 0.6) is 0 Å². The third kappa shape index (κ3) is 8.45. The molecule has 4 nitrogen and oxygen atoms in total. The highest BCUT2D eigenvalue weighted by atomic mass is 19.1. The maximum Gasteiger partial charge on any atom is 0.315 e. The number of halogens is 1. The number of carbonyl (C=O) groups is 1. The molecule has 2 N–H and O–H groups in total. The molecular weight excluding hydrogens is 473 g/mol. The molecule has 6 atom stereocenters. The first-order valence-electron chi connectivity index (χ1n) is 13.9. The Labute approximate surface area is 230 Å². The van der Waals surface area contributed by atoms with E-state index in [1.165, 1.54) is 11.6 Å². The molecule has 5 unspecified atom stereocenters. The first kappa shape index (κ1) is 31.1. The van der Waals surface area contributed by atoms with Gasteiger partial charge >= 0.3 is 6.03 Å². The summed E-state index contributed by atoms with van der Waals surface area (Å²) in [4.78, 5) is 17.6. The van der Waals surface area contributed by atoms with Gasteiger partial charge in [0.25, 0.3) is 0 Å². The number of alkyl halides is 1. The van der Waals surface area contributed by atoms with Crippen molar-refractivity contribution in [2.75, 3.05) is 0 Å². The van der Waals surface area contributed by atoms with Gasteiger partial charge in [0.1, 0.15) is 6.17 Å². The van der Waals surface area contributed by atoms with Crippen molar-refractivity contribution in [2.45, 2.75) is 90.9 Å². The largest absolute Gasteiger partial charge is 0.335 e. The number of carbonyl (C=O) groups excluding carboxylic acids is 1. The molecule has 0 bridgehead atoms. The van der Waals surface area contributed by atoms with Crippen molar-refractivity contribution >= 4 is 12.2 Å². The number of allylic oxidation sites excluding steroid dienone is 6. The van der Waals surface area contributed by atoms with Gasteiger partial charge in [-0.1, -0.05) is 81.2 Å². The maximum absolute atomic E-state index is 14.8. The Balaban J connectivity index is 2.37. The summed E-state index contributed by atoms with van der Waals surface area (Å²) in [7, 11) is 0. The van der Waals surface area contributed by atoms with Crippen molar-refractivity contribution in [1.29, 1.82) is 0 Å². The Morgan fingerprint density at radius 3 is 2.76 bits per heavy atom. The number of rotatable bonds is 10. The van der Waals surface area contributed by atoms with Gasteiger partial charge < -0.3 is 10.6 Å². The standard InChI is InChI=1S/C33H46FN3O/c1-8-11-14-24(4)22-33(20-9-2)27(7)29(26(6)30(34)10-3)18-19-31(33)37-32(38)36-28-16-12-15-25(5)23-35-21-13-17-28/h1,10-15,21,23-24,26,28,30-31H,3,5,9,16-20,22H2,2,4,6-7H3,(H2,36,37,38)/b14-11-,15-12-,21-13-,35-23?/t24?,26?,28?,30-,31?,33?/m0/s1. The van der Waals surface area contributed by atoms with Crippen LogP contribution in [0.2, 0.25) is 0 Å². The predicted molar refractivity (Wildman–Crippen MR) is 160 cm³/mol. The van der Waals surface area contributed by atoms with Crippen LogP contribution in [0.25, 0.3) is 0 Å². The van der Waals surface area contributed by atoms with Crippen molar-refractivity contribution in [1.82, 2.24) is 10.6 Å². The highest BCUT2D eigenvalue weighted by Gasteiger charge is 2.45. The SMILES string of the molecule is C#C/C=C\C(C)CC1(CCC)C(C)=C(C(C)[C@@H](F)C=C)CCC1NC(=O)NC1C/C=C\N=CC(=C)/C=C\C1. The van der Waals surface area contributed by atoms with E-state index in [-0.39, 0.29) is 35.4 Å². The summed E-state index contributed by atoms with van der Waals surface area (Å²) in [6, 6.07) is -0.304. The second-order valence-electron chi connectivity index (χ2n) is 10.7. The number of aliphatic imine (C=N–C) groups is 1. The molecule has 0 spiro atoms. The lowest BCUT2D eigenvalue weighted by Gasteiger charge is -2.49. The van der Waals surface area contributed by atoms with Gasteiger partial charge in [-0.15, -0.1) is 13.0 Å². The molecule has 2 aliphatic rings. The second kappa shape index (κ2) is 15.3. The summed E-state index contributed by atoms with van der Waals surface area (Å²) in [6.45, 7) is 16.0. The number of terminal acetylenes is 1. The number of urea groups is 1. The van der Waals surface area contributed by atoms with Crippen LogP contribution in [0, 0.1) is 29.6 Å². The Morgan fingerprint density at radius 2 is 2.08 bits per heavy atom. The molecule has 38 heavy (non-hydrogen) atoms. The minimum absolute atomic E-state index is 0.0580. The number of nitrogens with zero attached hydrogens (tertiary/aromatic N) is 1. The smallest absolute Gasteiger partial charge is 0.315 e. The van der Waals surface area contributed by atoms with Crippen LogP contribution in [0.1, 0.15) is 72.6 Å². The normalized spacial score (nSPS) is 28.2. The second-order valence-corrected chi connectivity index (χ2v) is 10.7. The van der Waals surface area contributed by atoms with E-state index < -0.39 is 6.17 Å². The monoisotopic (exact) mass is 519 g/mol. The maximum atomic E-state index is 14.8. The molecule has 0 aromatic heterocycles. The predicted octanol–water partition coefficient (Wildman–Crippen LogP) is 7.79. The van der Waals surface area contributed by atoms with Gasteiger partial charge in [0.15, 0.2) is 0 Å². The van der Waals surface area contributed by atoms with Gasteiger partial charge in [-0.05, 0) is 63.0 Å². The molecule has 0 aromatic carbocycles. The van der Waals surface area contributed by atoms with Crippen LogP contribution < -0.4 is 10.6 Å². The van der Waals surface area contributed by atoms with Crippen molar-refractivity contribution in [3.8, 4) is 12.3 Å². The summed E-state index contributed by atoms with van der Waals surface area (Å²) in [6.07, 6.45) is 24.5. The molecular formula is C33H46FN3O. The molecule has 0 radical (unpaired) electrons. The zero-order valence-corrected chi connectivity index (χ0v) is 23.7. The first-order chi connectivity index (χ1) is 18.2. The lowest BCUT2D eigenvalue weighted by Crippen LogP contribution is -2.55. The number of hydrogen-bond acceptors (Lipinski definition) is 2. The van der Waals surface area contributed by atoms with E-state index in [0.717, 1.165) is 43.3 Å². The molecule has 206 valence electrons. The highest BCUT2D eigenvalue weighted by Crippen LogP contribution is 2.50. The quantitative estimate of drug-likeness (QED) is 0.225. The minimum atomic E-state index is -1.10. The van der Waals surface area contributed by atoms with E-state index >= 15 is 0 Å². The Kier molecular flexibility index (Phi) is 12.5. The van der Waals surface area contributed by atoms with E-state index in [0.29, 0.717) is 12.8 Å². The van der Waals surface area contributed by atoms with Gasteiger partial charge in [-0.3, -0.25) is 4.99 Å². The van der Waals surface area contributed by atoms with Gasteiger partial charge in [-0.25, -0.2) is 9.18 Å². The van der Waals surface area contributed by atoms with Gasteiger partial charge in [0.2, 0.25) is 0 Å². The molecule has 0 fully saturated rings. The summed E-state index contributed by atoms with van der Waals surface area (Å²) in [5.74, 6) is 2.56. The van der Waals surface area contributed by atoms with E-state index in [1.807, 2.05) is 25.2 Å². The number of amides is 2. The molecule has 2 rings (SSSR count). The van der Waals surface area contributed by atoms with Crippen LogP contribution >= 0.6 is 0 Å². The molecule has 0 saturated carbocycles. The summed E-state index contributed by atoms with van der Waals surface area (Å²) in [5.41, 5.74) is 2.88. The highest BCUT2D eigenvalue weighted by molar-refractivity contribution is 5.81. The Hall–Kier alpha value is -3.13. The zero-order chi connectivity index (χ0) is 28.1. The molecule has 1 aliphatic carbocycles. The van der Waals surface area contributed by atoms with Gasteiger partial charge in [-0.2, -0.15) is 0 Å². The summed E-state index contributed by atoms with van der Waals surface area (Å²) < 4.78 is 14.8. The van der Waals surface area contributed by atoms with E-state index in [9.17, 15) is 9.18 Å². The summed E-state index contributed by atoms with van der Waals surface area (Å²) in [5, 5.41) is 6.53. The Bertz CT molecular complexity index is 1030. The van der Waals surface area contributed by atoms with Crippen LogP contribution in [0.3, 0.4) is 0 Å². The van der Waals surface area contributed by atoms with Gasteiger partial charge in [0, 0.05) is 35.8 Å². The zero-order valence-electron chi connectivity index (χ0n) is 23.7. The first-order valence-corrected chi connectivity index (χ1v) is 13.9. The molecule has 2 amide bonds. The van der Waals surface area contributed by atoms with E-state index in [1.54, 1.807) is 18.5 Å². The van der Waals surface area contributed by atoms with Crippen molar-refractivity contribution in [3.63, 3.8) is 0 Å².